The minimum Gasteiger partial charge on any atom is -0.319 e. The Balaban J connectivity index is 2.11. The molecule has 0 aliphatic carbocycles. The molecule has 1 N–H and O–H groups in total. The van der Waals surface area contributed by atoms with Gasteiger partial charge in [-0.3, -0.25) is 0 Å². The molecule has 0 aromatic heterocycles. The Labute approximate surface area is 125 Å². The van der Waals surface area contributed by atoms with Gasteiger partial charge < -0.3 is 5.32 Å². The molecule has 2 rings (SSSR count). The van der Waals surface area contributed by atoms with Crippen LogP contribution in [0.4, 0.5) is 8.78 Å². The topological polar surface area (TPSA) is 12.0 Å². The predicted octanol–water partition coefficient (Wildman–Crippen LogP) is 3.89. The Bertz CT molecular complexity index is 596. The lowest BCUT2D eigenvalue weighted by atomic mass is 9.91. The van der Waals surface area contributed by atoms with Crippen LogP contribution in [0.1, 0.15) is 16.7 Å². The number of hydrogen-bond donors (Lipinski definition) is 1. The second kappa shape index (κ2) is 7.32. The summed E-state index contributed by atoms with van der Waals surface area (Å²) in [6.45, 7) is 2.86. The van der Waals surface area contributed by atoms with Crippen LogP contribution in [0.3, 0.4) is 0 Å². The fourth-order valence-corrected chi connectivity index (χ4v) is 2.68. The van der Waals surface area contributed by atoms with Gasteiger partial charge in [0.05, 0.1) is 0 Å². The third kappa shape index (κ3) is 4.64. The number of halogens is 2. The molecule has 0 radical (unpaired) electrons. The van der Waals surface area contributed by atoms with E-state index in [0.29, 0.717) is 12.0 Å². The minimum absolute atomic E-state index is 0.275. The minimum atomic E-state index is -0.528. The smallest absolute Gasteiger partial charge is 0.129 e. The highest BCUT2D eigenvalue weighted by Crippen LogP contribution is 2.18. The van der Waals surface area contributed by atoms with Crippen molar-refractivity contribution in [1.29, 1.82) is 0 Å². The van der Waals surface area contributed by atoms with Gasteiger partial charge in [-0.25, -0.2) is 8.78 Å². The molecule has 1 atom stereocenters. The van der Waals surface area contributed by atoms with E-state index in [1.807, 2.05) is 13.1 Å². The molecule has 0 saturated carbocycles. The van der Waals surface area contributed by atoms with Crippen LogP contribution in [0.5, 0.6) is 0 Å². The Hall–Kier alpha value is -1.74. The lowest BCUT2D eigenvalue weighted by molar-refractivity contribution is 0.477. The SMILES string of the molecule is CNCC(Cc1cccc(C)c1)Cc1ccc(F)cc1F. The van der Waals surface area contributed by atoms with Gasteiger partial charge in [-0.2, -0.15) is 0 Å². The summed E-state index contributed by atoms with van der Waals surface area (Å²) < 4.78 is 26.8. The Kier molecular flexibility index (Phi) is 5.45. The standard InChI is InChI=1S/C18H21F2N/c1-13-4-3-5-14(8-13)9-15(12-21-2)10-16-6-7-17(19)11-18(16)20/h3-8,11,15,21H,9-10,12H2,1-2H3. The fourth-order valence-electron chi connectivity index (χ4n) is 2.68. The predicted molar refractivity (Wildman–Crippen MR) is 82.4 cm³/mol. The van der Waals surface area contributed by atoms with Gasteiger partial charge >= 0.3 is 0 Å². The molecule has 21 heavy (non-hydrogen) atoms. The summed E-state index contributed by atoms with van der Waals surface area (Å²) >= 11 is 0. The number of rotatable bonds is 6. The van der Waals surface area contributed by atoms with E-state index >= 15 is 0 Å². The molecule has 3 heteroatoms. The summed E-state index contributed by atoms with van der Waals surface area (Å²) in [6, 6.07) is 12.2. The highest BCUT2D eigenvalue weighted by atomic mass is 19.1. The normalized spacial score (nSPS) is 12.4. The van der Waals surface area contributed by atoms with E-state index in [-0.39, 0.29) is 5.92 Å². The van der Waals surface area contributed by atoms with Crippen LogP contribution in [-0.2, 0) is 12.8 Å². The lowest BCUT2D eigenvalue weighted by Crippen LogP contribution is -2.23. The Morgan fingerprint density at radius 2 is 1.86 bits per heavy atom. The highest BCUT2D eigenvalue weighted by molar-refractivity contribution is 5.24. The van der Waals surface area contributed by atoms with Crippen molar-refractivity contribution in [2.45, 2.75) is 19.8 Å². The zero-order valence-corrected chi connectivity index (χ0v) is 12.5. The molecule has 0 bridgehead atoms. The molecule has 0 heterocycles. The van der Waals surface area contributed by atoms with Gasteiger partial charge in [-0.15, -0.1) is 0 Å². The van der Waals surface area contributed by atoms with Gasteiger partial charge in [0.25, 0.3) is 0 Å². The quantitative estimate of drug-likeness (QED) is 0.850. The van der Waals surface area contributed by atoms with Crippen molar-refractivity contribution in [2.24, 2.45) is 5.92 Å². The number of nitrogens with one attached hydrogen (secondary N) is 1. The fraction of sp³-hybridized carbons (Fsp3) is 0.333. The summed E-state index contributed by atoms with van der Waals surface area (Å²) in [7, 11) is 1.89. The maximum atomic E-state index is 13.8. The average molecular weight is 289 g/mol. The van der Waals surface area contributed by atoms with Crippen molar-refractivity contribution in [1.82, 2.24) is 5.32 Å². The van der Waals surface area contributed by atoms with Gasteiger partial charge in [0.1, 0.15) is 11.6 Å². The molecular formula is C18H21F2N. The van der Waals surface area contributed by atoms with Gasteiger partial charge in [-0.1, -0.05) is 35.9 Å². The molecule has 0 amide bonds. The third-order valence-electron chi connectivity index (χ3n) is 3.62. The largest absolute Gasteiger partial charge is 0.319 e. The maximum absolute atomic E-state index is 13.8. The summed E-state index contributed by atoms with van der Waals surface area (Å²) in [5.74, 6) is -0.711. The van der Waals surface area contributed by atoms with Crippen molar-refractivity contribution in [3.8, 4) is 0 Å². The van der Waals surface area contributed by atoms with Gasteiger partial charge in [0.2, 0.25) is 0 Å². The molecule has 112 valence electrons. The molecule has 1 nitrogen and oxygen atoms in total. The first-order valence-electron chi connectivity index (χ1n) is 7.22. The average Bonchev–Trinajstić information content (AvgIpc) is 2.42. The Morgan fingerprint density at radius 3 is 2.52 bits per heavy atom. The van der Waals surface area contributed by atoms with Crippen LogP contribution in [0.2, 0.25) is 0 Å². The van der Waals surface area contributed by atoms with E-state index in [0.717, 1.165) is 19.0 Å². The molecule has 2 aromatic carbocycles. The number of benzene rings is 2. The van der Waals surface area contributed by atoms with E-state index in [4.69, 9.17) is 0 Å². The maximum Gasteiger partial charge on any atom is 0.129 e. The first-order valence-corrected chi connectivity index (χ1v) is 7.22. The summed E-state index contributed by atoms with van der Waals surface area (Å²) in [4.78, 5) is 0. The molecular weight excluding hydrogens is 268 g/mol. The van der Waals surface area contributed by atoms with Crippen molar-refractivity contribution in [3.05, 3.63) is 70.8 Å². The highest BCUT2D eigenvalue weighted by Gasteiger charge is 2.13. The summed E-state index contributed by atoms with van der Waals surface area (Å²) in [5.41, 5.74) is 3.05. The van der Waals surface area contributed by atoms with Crippen molar-refractivity contribution >= 4 is 0 Å². The molecule has 0 spiro atoms. The van der Waals surface area contributed by atoms with Crippen LogP contribution in [-0.4, -0.2) is 13.6 Å². The number of aryl methyl sites for hydroxylation is 1. The van der Waals surface area contributed by atoms with Crippen LogP contribution in [0, 0.1) is 24.5 Å². The second-order valence-corrected chi connectivity index (χ2v) is 5.56. The molecule has 2 aromatic rings. The Morgan fingerprint density at radius 1 is 1.05 bits per heavy atom. The van der Waals surface area contributed by atoms with Gasteiger partial charge in [-0.05, 0) is 56.5 Å². The van der Waals surface area contributed by atoms with Crippen LogP contribution in [0.25, 0.3) is 0 Å². The van der Waals surface area contributed by atoms with Crippen molar-refractivity contribution < 1.29 is 8.78 Å². The molecule has 0 aliphatic rings. The van der Waals surface area contributed by atoms with Gasteiger partial charge in [0.15, 0.2) is 0 Å². The summed E-state index contributed by atoms with van der Waals surface area (Å²) in [6.07, 6.45) is 1.47. The molecule has 0 saturated heterocycles. The molecule has 1 unspecified atom stereocenters. The zero-order chi connectivity index (χ0) is 15.2. The zero-order valence-electron chi connectivity index (χ0n) is 12.5. The van der Waals surface area contributed by atoms with Crippen molar-refractivity contribution in [3.63, 3.8) is 0 Å². The third-order valence-corrected chi connectivity index (χ3v) is 3.62. The van der Waals surface area contributed by atoms with E-state index in [1.165, 1.54) is 17.2 Å². The summed E-state index contributed by atoms with van der Waals surface area (Å²) in [5, 5.41) is 3.16. The monoisotopic (exact) mass is 289 g/mol. The van der Waals surface area contributed by atoms with Crippen LogP contribution in [0.15, 0.2) is 42.5 Å². The van der Waals surface area contributed by atoms with E-state index in [2.05, 4.69) is 30.4 Å². The van der Waals surface area contributed by atoms with Crippen LogP contribution < -0.4 is 5.32 Å². The number of hydrogen-bond acceptors (Lipinski definition) is 1. The van der Waals surface area contributed by atoms with E-state index < -0.39 is 11.6 Å². The van der Waals surface area contributed by atoms with Crippen molar-refractivity contribution in [2.75, 3.05) is 13.6 Å². The molecule has 0 aliphatic heterocycles. The second-order valence-electron chi connectivity index (χ2n) is 5.56. The first kappa shape index (κ1) is 15.6. The van der Waals surface area contributed by atoms with Crippen LogP contribution >= 0.6 is 0 Å². The first-order chi connectivity index (χ1) is 10.1. The van der Waals surface area contributed by atoms with E-state index in [1.54, 1.807) is 6.07 Å². The molecule has 0 fully saturated rings. The van der Waals surface area contributed by atoms with E-state index in [9.17, 15) is 8.78 Å². The van der Waals surface area contributed by atoms with Gasteiger partial charge in [0, 0.05) is 6.07 Å². The lowest BCUT2D eigenvalue weighted by Gasteiger charge is -2.17.